The van der Waals surface area contributed by atoms with Crippen molar-refractivity contribution in [2.24, 2.45) is 0 Å². The minimum Gasteiger partial charge on any atom is -0.466 e. The van der Waals surface area contributed by atoms with Crippen molar-refractivity contribution in [3.8, 4) is 5.75 Å². The molecule has 0 fully saturated rings. The number of hydrogen-bond acceptors (Lipinski definition) is 4. The average Bonchev–Trinajstić information content (AvgIpc) is 2.22. The second kappa shape index (κ2) is 6.53. The molecule has 0 saturated carbocycles. The van der Waals surface area contributed by atoms with Gasteiger partial charge in [0.1, 0.15) is 5.75 Å². The third-order valence-corrected chi connectivity index (χ3v) is 2.73. The number of benzene rings is 1. The lowest BCUT2D eigenvalue weighted by molar-refractivity contribution is -0.142. The molecule has 0 saturated heterocycles. The van der Waals surface area contributed by atoms with Crippen molar-refractivity contribution in [3.05, 3.63) is 22.2 Å². The lowest BCUT2D eigenvalue weighted by Crippen LogP contribution is -2.11. The summed E-state index contributed by atoms with van der Waals surface area (Å²) >= 11 is 3.15. The highest BCUT2D eigenvalue weighted by molar-refractivity contribution is 9.10. The SMILES string of the molecule is CCOC(=O)Cc1c(Br)cc(N)cc1OC(F)F. The van der Waals surface area contributed by atoms with Crippen molar-refractivity contribution in [1.29, 1.82) is 0 Å². The molecule has 100 valence electrons. The number of anilines is 1. The van der Waals surface area contributed by atoms with Crippen LogP contribution in [0.5, 0.6) is 5.75 Å². The zero-order valence-corrected chi connectivity index (χ0v) is 11.2. The average molecular weight is 324 g/mol. The molecular weight excluding hydrogens is 312 g/mol. The van der Waals surface area contributed by atoms with E-state index in [-0.39, 0.29) is 30.0 Å². The smallest absolute Gasteiger partial charge is 0.387 e. The van der Waals surface area contributed by atoms with Gasteiger partial charge >= 0.3 is 12.6 Å². The highest BCUT2D eigenvalue weighted by atomic mass is 79.9. The zero-order chi connectivity index (χ0) is 13.7. The van der Waals surface area contributed by atoms with E-state index in [1.54, 1.807) is 6.92 Å². The van der Waals surface area contributed by atoms with Gasteiger partial charge in [-0.05, 0) is 13.0 Å². The summed E-state index contributed by atoms with van der Waals surface area (Å²) in [7, 11) is 0. The summed E-state index contributed by atoms with van der Waals surface area (Å²) in [5, 5.41) is 0. The van der Waals surface area contributed by atoms with Gasteiger partial charge in [0.15, 0.2) is 0 Å². The van der Waals surface area contributed by atoms with E-state index < -0.39 is 12.6 Å². The molecule has 0 aliphatic heterocycles. The molecular formula is C11H12BrF2NO3. The maximum atomic E-state index is 12.3. The molecule has 0 amide bonds. The summed E-state index contributed by atoms with van der Waals surface area (Å²) in [4.78, 5) is 11.4. The molecule has 0 aliphatic rings. The van der Waals surface area contributed by atoms with E-state index in [1.165, 1.54) is 12.1 Å². The van der Waals surface area contributed by atoms with E-state index in [0.29, 0.717) is 4.47 Å². The predicted octanol–water partition coefficient (Wildman–Crippen LogP) is 2.74. The van der Waals surface area contributed by atoms with Crippen LogP contribution in [-0.4, -0.2) is 19.2 Å². The molecule has 18 heavy (non-hydrogen) atoms. The number of esters is 1. The van der Waals surface area contributed by atoms with Gasteiger partial charge in [-0.15, -0.1) is 0 Å². The van der Waals surface area contributed by atoms with Gasteiger partial charge in [-0.2, -0.15) is 8.78 Å². The highest BCUT2D eigenvalue weighted by Crippen LogP contribution is 2.32. The minimum atomic E-state index is -2.99. The van der Waals surface area contributed by atoms with E-state index in [4.69, 9.17) is 10.5 Å². The van der Waals surface area contributed by atoms with Crippen LogP contribution in [0.2, 0.25) is 0 Å². The first-order valence-corrected chi connectivity index (χ1v) is 5.91. The van der Waals surface area contributed by atoms with Crippen LogP contribution < -0.4 is 10.5 Å². The Morgan fingerprint density at radius 3 is 2.72 bits per heavy atom. The second-order valence-corrected chi connectivity index (χ2v) is 4.19. The van der Waals surface area contributed by atoms with E-state index in [0.717, 1.165) is 0 Å². The Hall–Kier alpha value is -1.37. The molecule has 2 N–H and O–H groups in total. The Kier molecular flexibility index (Phi) is 5.33. The fraction of sp³-hybridized carbons (Fsp3) is 0.364. The maximum absolute atomic E-state index is 12.3. The lowest BCUT2D eigenvalue weighted by atomic mass is 10.1. The number of rotatable bonds is 5. The largest absolute Gasteiger partial charge is 0.466 e. The van der Waals surface area contributed by atoms with Crippen LogP contribution >= 0.6 is 15.9 Å². The van der Waals surface area contributed by atoms with Gasteiger partial charge in [-0.25, -0.2) is 0 Å². The summed E-state index contributed by atoms with van der Waals surface area (Å²) in [6.07, 6.45) is -0.170. The van der Waals surface area contributed by atoms with Gasteiger partial charge in [-0.1, -0.05) is 15.9 Å². The highest BCUT2D eigenvalue weighted by Gasteiger charge is 2.17. The lowest BCUT2D eigenvalue weighted by Gasteiger charge is -2.13. The van der Waals surface area contributed by atoms with E-state index in [9.17, 15) is 13.6 Å². The molecule has 0 heterocycles. The van der Waals surface area contributed by atoms with E-state index in [2.05, 4.69) is 20.7 Å². The molecule has 0 aliphatic carbocycles. The Labute approximate surface area is 111 Å². The standard InChI is InChI=1S/C11H12BrF2NO3/c1-2-17-10(16)5-7-8(12)3-6(15)4-9(7)18-11(13)14/h3-4,11H,2,5,15H2,1H3. The normalized spacial score (nSPS) is 10.5. The third-order valence-electron chi connectivity index (χ3n) is 2.02. The summed E-state index contributed by atoms with van der Waals surface area (Å²) in [5.41, 5.74) is 6.06. The van der Waals surface area contributed by atoms with Crippen LogP contribution in [-0.2, 0) is 16.0 Å². The van der Waals surface area contributed by atoms with Gasteiger partial charge in [0.05, 0.1) is 13.0 Å². The number of nitrogen functional groups attached to an aromatic ring is 1. The Morgan fingerprint density at radius 2 is 2.17 bits per heavy atom. The monoisotopic (exact) mass is 323 g/mol. The molecule has 0 spiro atoms. The number of halogens is 3. The number of alkyl halides is 2. The van der Waals surface area contributed by atoms with Crippen molar-refractivity contribution in [2.45, 2.75) is 20.0 Å². The molecule has 7 heteroatoms. The molecule has 0 bridgehead atoms. The van der Waals surface area contributed by atoms with Crippen molar-refractivity contribution in [3.63, 3.8) is 0 Å². The van der Waals surface area contributed by atoms with Crippen LogP contribution in [0.4, 0.5) is 14.5 Å². The van der Waals surface area contributed by atoms with Crippen LogP contribution in [0, 0.1) is 0 Å². The summed E-state index contributed by atoms with van der Waals surface area (Å²) in [5.74, 6) is -0.660. The molecule has 0 radical (unpaired) electrons. The topological polar surface area (TPSA) is 61.5 Å². The number of carbonyl (C=O) groups is 1. The van der Waals surface area contributed by atoms with Crippen LogP contribution in [0.15, 0.2) is 16.6 Å². The van der Waals surface area contributed by atoms with Gasteiger partial charge in [0.25, 0.3) is 0 Å². The fourth-order valence-corrected chi connectivity index (χ4v) is 1.96. The number of hydrogen-bond donors (Lipinski definition) is 1. The molecule has 0 atom stereocenters. The maximum Gasteiger partial charge on any atom is 0.387 e. The molecule has 1 aromatic carbocycles. The second-order valence-electron chi connectivity index (χ2n) is 3.34. The number of ether oxygens (including phenoxy) is 2. The summed E-state index contributed by atoms with van der Waals surface area (Å²) < 4.78 is 34.0. The summed E-state index contributed by atoms with van der Waals surface area (Å²) in [6, 6.07) is 2.75. The van der Waals surface area contributed by atoms with Crippen molar-refractivity contribution >= 4 is 27.6 Å². The first-order chi connectivity index (χ1) is 8.43. The van der Waals surface area contributed by atoms with Crippen molar-refractivity contribution < 1.29 is 23.0 Å². The van der Waals surface area contributed by atoms with Crippen LogP contribution in [0.25, 0.3) is 0 Å². The first-order valence-electron chi connectivity index (χ1n) is 5.12. The fourth-order valence-electron chi connectivity index (χ4n) is 1.36. The predicted molar refractivity (Wildman–Crippen MR) is 65.5 cm³/mol. The van der Waals surface area contributed by atoms with E-state index in [1.807, 2.05) is 0 Å². The quantitative estimate of drug-likeness (QED) is 0.668. The van der Waals surface area contributed by atoms with Crippen LogP contribution in [0.1, 0.15) is 12.5 Å². The zero-order valence-electron chi connectivity index (χ0n) is 9.58. The van der Waals surface area contributed by atoms with Crippen molar-refractivity contribution in [2.75, 3.05) is 12.3 Å². The van der Waals surface area contributed by atoms with Gasteiger partial charge < -0.3 is 15.2 Å². The Bertz CT molecular complexity index is 441. The van der Waals surface area contributed by atoms with Gasteiger partial charge in [-0.3, -0.25) is 4.79 Å². The molecule has 1 rings (SSSR count). The van der Waals surface area contributed by atoms with E-state index >= 15 is 0 Å². The summed E-state index contributed by atoms with van der Waals surface area (Å²) in [6.45, 7) is -1.11. The third kappa shape index (κ3) is 4.14. The Morgan fingerprint density at radius 1 is 1.50 bits per heavy atom. The number of carbonyl (C=O) groups excluding carboxylic acids is 1. The molecule has 0 aromatic heterocycles. The first kappa shape index (κ1) is 14.7. The van der Waals surface area contributed by atoms with Gasteiger partial charge in [0, 0.05) is 21.8 Å². The van der Waals surface area contributed by atoms with Gasteiger partial charge in [0.2, 0.25) is 0 Å². The van der Waals surface area contributed by atoms with Crippen LogP contribution in [0.3, 0.4) is 0 Å². The molecule has 1 aromatic rings. The molecule has 0 unspecified atom stereocenters. The number of nitrogens with two attached hydrogens (primary N) is 1. The Balaban J connectivity index is 3.03. The van der Waals surface area contributed by atoms with Crippen molar-refractivity contribution in [1.82, 2.24) is 0 Å². The molecule has 4 nitrogen and oxygen atoms in total. The minimum absolute atomic E-state index is 0.134.